The Morgan fingerprint density at radius 3 is 2.31 bits per heavy atom. The van der Waals surface area contributed by atoms with Crippen molar-refractivity contribution in [3.8, 4) is 5.75 Å². The Morgan fingerprint density at radius 1 is 1.00 bits per heavy atom. The zero-order chi connectivity index (χ0) is 11.2. The van der Waals surface area contributed by atoms with Crippen LogP contribution in [-0.4, -0.2) is 18.3 Å². The van der Waals surface area contributed by atoms with Crippen LogP contribution in [0.15, 0.2) is 52.3 Å². The van der Waals surface area contributed by atoms with Gasteiger partial charge in [0.25, 0.3) is 0 Å². The van der Waals surface area contributed by atoms with E-state index in [1.54, 1.807) is 21.6 Å². The number of hydrogen-bond acceptors (Lipinski definition) is 4. The first-order valence-corrected chi connectivity index (χ1v) is 7.06. The molecule has 0 fully saturated rings. The second-order valence-electron chi connectivity index (χ2n) is 3.19. The van der Waals surface area contributed by atoms with Gasteiger partial charge in [-0.05, 0) is 24.3 Å². The topological polar surface area (TPSA) is 29.5 Å². The Hall–Kier alpha value is -0.840. The van der Waals surface area contributed by atoms with Crippen LogP contribution < -0.4 is 4.74 Å². The van der Waals surface area contributed by atoms with Crippen LogP contribution in [0.4, 0.5) is 0 Å². The molecule has 0 amide bonds. The molecule has 16 heavy (non-hydrogen) atoms. The summed E-state index contributed by atoms with van der Waals surface area (Å²) in [4.78, 5) is 2.14. The second-order valence-corrected chi connectivity index (χ2v) is 5.57. The highest BCUT2D eigenvalue weighted by molar-refractivity contribution is 8.79. The van der Waals surface area contributed by atoms with E-state index in [-0.39, 0.29) is 6.61 Å². The standard InChI is InChI=1S/C12H12O2S2/c13-8-11-6-7-12(16-15-11)9-14-10-4-2-1-3-5-10/h1-7,13H,8-9H2. The monoisotopic (exact) mass is 252 g/mol. The summed E-state index contributed by atoms with van der Waals surface area (Å²) in [6.07, 6.45) is 3.93. The Kier molecular flexibility index (Phi) is 4.39. The fourth-order valence-corrected chi connectivity index (χ4v) is 3.07. The molecule has 2 rings (SSSR count). The SMILES string of the molecule is OCC1=CC=C(COc2ccccc2)SS1. The summed E-state index contributed by atoms with van der Waals surface area (Å²) in [7, 11) is 3.23. The van der Waals surface area contributed by atoms with E-state index in [2.05, 4.69) is 0 Å². The van der Waals surface area contributed by atoms with Crippen molar-refractivity contribution in [2.45, 2.75) is 0 Å². The van der Waals surface area contributed by atoms with Crippen LogP contribution in [0.25, 0.3) is 0 Å². The van der Waals surface area contributed by atoms with Gasteiger partial charge in [-0.3, -0.25) is 0 Å². The first-order chi connectivity index (χ1) is 7.88. The lowest BCUT2D eigenvalue weighted by atomic mass is 10.3. The van der Waals surface area contributed by atoms with Crippen LogP contribution in [0.3, 0.4) is 0 Å². The van der Waals surface area contributed by atoms with Crippen LogP contribution in [0.1, 0.15) is 0 Å². The highest BCUT2D eigenvalue weighted by atomic mass is 33.1. The molecule has 0 bridgehead atoms. The summed E-state index contributed by atoms with van der Waals surface area (Å²) in [5.74, 6) is 0.880. The van der Waals surface area contributed by atoms with Gasteiger partial charge >= 0.3 is 0 Å². The van der Waals surface area contributed by atoms with Gasteiger partial charge in [-0.1, -0.05) is 39.8 Å². The molecule has 0 aliphatic carbocycles. The largest absolute Gasteiger partial charge is 0.488 e. The summed E-state index contributed by atoms with van der Waals surface area (Å²) in [5, 5.41) is 8.92. The molecule has 4 heteroatoms. The van der Waals surface area contributed by atoms with Gasteiger partial charge in [0.2, 0.25) is 0 Å². The van der Waals surface area contributed by atoms with Gasteiger partial charge in [0, 0.05) is 9.81 Å². The number of ether oxygens (including phenoxy) is 1. The van der Waals surface area contributed by atoms with Crippen LogP contribution in [0.5, 0.6) is 5.75 Å². The van der Waals surface area contributed by atoms with E-state index in [1.807, 2.05) is 42.5 Å². The van der Waals surface area contributed by atoms with Crippen molar-refractivity contribution in [2.75, 3.05) is 13.2 Å². The van der Waals surface area contributed by atoms with Gasteiger partial charge in [0.15, 0.2) is 0 Å². The Balaban J connectivity index is 1.88. The Bertz CT molecular complexity index is 399. The summed E-state index contributed by atoms with van der Waals surface area (Å²) >= 11 is 0. The quantitative estimate of drug-likeness (QED) is 0.833. The second kappa shape index (κ2) is 6.03. The minimum atomic E-state index is 0.112. The minimum Gasteiger partial charge on any atom is -0.488 e. The van der Waals surface area contributed by atoms with E-state index in [4.69, 9.17) is 9.84 Å². The molecule has 84 valence electrons. The predicted molar refractivity (Wildman–Crippen MR) is 70.4 cm³/mol. The van der Waals surface area contributed by atoms with Gasteiger partial charge in [0.1, 0.15) is 12.4 Å². The molecule has 1 aromatic carbocycles. The number of aliphatic hydroxyl groups excluding tert-OH is 1. The maximum absolute atomic E-state index is 8.92. The molecule has 0 spiro atoms. The maximum atomic E-state index is 8.92. The lowest BCUT2D eigenvalue weighted by molar-refractivity contribution is 0.339. The number of hydrogen-bond donors (Lipinski definition) is 1. The molecule has 1 heterocycles. The molecular weight excluding hydrogens is 240 g/mol. The first kappa shape index (κ1) is 11.6. The van der Waals surface area contributed by atoms with Crippen molar-refractivity contribution in [1.82, 2.24) is 0 Å². The summed E-state index contributed by atoms with van der Waals surface area (Å²) in [6, 6.07) is 9.76. The molecular formula is C12H12O2S2. The van der Waals surface area contributed by atoms with Gasteiger partial charge in [-0.2, -0.15) is 0 Å². The van der Waals surface area contributed by atoms with Crippen molar-refractivity contribution < 1.29 is 9.84 Å². The lowest BCUT2D eigenvalue weighted by Crippen LogP contribution is -1.99. The van der Waals surface area contributed by atoms with E-state index in [1.165, 1.54) is 0 Å². The normalized spacial score (nSPS) is 15.3. The molecule has 0 radical (unpaired) electrons. The molecule has 2 nitrogen and oxygen atoms in total. The highest BCUT2D eigenvalue weighted by Gasteiger charge is 2.07. The molecule has 0 unspecified atom stereocenters. The summed E-state index contributed by atoms with van der Waals surface area (Å²) in [6.45, 7) is 0.692. The number of rotatable bonds is 4. The third-order valence-corrected chi connectivity index (χ3v) is 4.56. The highest BCUT2D eigenvalue weighted by Crippen LogP contribution is 2.39. The predicted octanol–water partition coefficient (Wildman–Crippen LogP) is 3.22. The van der Waals surface area contributed by atoms with E-state index < -0.39 is 0 Å². The Morgan fingerprint density at radius 2 is 1.69 bits per heavy atom. The number of allylic oxidation sites excluding steroid dienone is 2. The summed E-state index contributed by atoms with van der Waals surface area (Å²) in [5.41, 5.74) is 0. The van der Waals surface area contributed by atoms with E-state index in [0.29, 0.717) is 6.61 Å². The van der Waals surface area contributed by atoms with E-state index >= 15 is 0 Å². The zero-order valence-electron chi connectivity index (χ0n) is 8.63. The van der Waals surface area contributed by atoms with Crippen LogP contribution in [0.2, 0.25) is 0 Å². The van der Waals surface area contributed by atoms with Crippen LogP contribution in [0, 0.1) is 0 Å². The molecule has 0 saturated heterocycles. The number of para-hydroxylation sites is 1. The molecule has 0 aromatic heterocycles. The molecule has 1 aliphatic rings. The van der Waals surface area contributed by atoms with Crippen LogP contribution >= 0.6 is 21.6 Å². The molecule has 1 N–H and O–H groups in total. The third-order valence-electron chi connectivity index (χ3n) is 1.99. The lowest BCUT2D eigenvalue weighted by Gasteiger charge is -2.12. The Labute approximate surface area is 103 Å². The van der Waals surface area contributed by atoms with Crippen LogP contribution in [-0.2, 0) is 0 Å². The number of benzene rings is 1. The molecule has 0 atom stereocenters. The average molecular weight is 252 g/mol. The average Bonchev–Trinajstić information content (AvgIpc) is 2.38. The molecule has 1 aliphatic heterocycles. The summed E-state index contributed by atoms with van der Waals surface area (Å²) < 4.78 is 5.62. The smallest absolute Gasteiger partial charge is 0.120 e. The molecule has 1 aromatic rings. The maximum Gasteiger partial charge on any atom is 0.120 e. The van der Waals surface area contributed by atoms with Gasteiger partial charge in [-0.15, -0.1) is 0 Å². The fourth-order valence-electron chi connectivity index (χ4n) is 1.17. The molecule has 0 saturated carbocycles. The first-order valence-electron chi connectivity index (χ1n) is 4.91. The van der Waals surface area contributed by atoms with Gasteiger partial charge < -0.3 is 9.84 Å². The number of aliphatic hydroxyl groups is 1. The van der Waals surface area contributed by atoms with Crippen molar-refractivity contribution in [2.24, 2.45) is 0 Å². The minimum absolute atomic E-state index is 0.112. The van der Waals surface area contributed by atoms with Crippen molar-refractivity contribution in [1.29, 1.82) is 0 Å². The van der Waals surface area contributed by atoms with Crippen molar-refractivity contribution in [3.63, 3.8) is 0 Å². The van der Waals surface area contributed by atoms with Gasteiger partial charge in [-0.25, -0.2) is 0 Å². The van der Waals surface area contributed by atoms with E-state index in [9.17, 15) is 0 Å². The van der Waals surface area contributed by atoms with Crippen molar-refractivity contribution in [3.05, 3.63) is 52.3 Å². The van der Waals surface area contributed by atoms with Crippen molar-refractivity contribution >= 4 is 21.6 Å². The van der Waals surface area contributed by atoms with Gasteiger partial charge in [0.05, 0.1) is 6.61 Å². The third kappa shape index (κ3) is 3.33. The van der Waals surface area contributed by atoms with E-state index in [0.717, 1.165) is 15.6 Å². The fraction of sp³-hybridized carbons (Fsp3) is 0.167. The zero-order valence-corrected chi connectivity index (χ0v) is 10.3.